The Kier molecular flexibility index (Phi) is 6.95. The van der Waals surface area contributed by atoms with Crippen molar-refractivity contribution in [2.45, 2.75) is 6.42 Å². The Hall–Kier alpha value is -3.59. The van der Waals surface area contributed by atoms with Crippen LogP contribution in [0.4, 0.5) is 5.69 Å². The van der Waals surface area contributed by atoms with Gasteiger partial charge in [0.2, 0.25) is 0 Å². The van der Waals surface area contributed by atoms with E-state index < -0.39 is 11.9 Å². The average Bonchev–Trinajstić information content (AvgIpc) is 2.66. The molecule has 1 N–H and O–H groups in total. The fourth-order valence-corrected chi connectivity index (χ4v) is 2.09. The van der Waals surface area contributed by atoms with Gasteiger partial charge in [-0.1, -0.05) is 24.3 Å². The molecule has 0 saturated heterocycles. The van der Waals surface area contributed by atoms with E-state index in [9.17, 15) is 9.59 Å². The van der Waals surface area contributed by atoms with Crippen LogP contribution < -0.4 is 10.1 Å². The van der Waals surface area contributed by atoms with E-state index in [0.717, 1.165) is 11.1 Å². The van der Waals surface area contributed by atoms with Crippen molar-refractivity contribution in [3.63, 3.8) is 0 Å². The summed E-state index contributed by atoms with van der Waals surface area (Å²) < 4.78 is 10.0. The lowest BCUT2D eigenvalue weighted by atomic mass is 10.1. The van der Waals surface area contributed by atoms with Gasteiger partial charge >= 0.3 is 5.97 Å². The largest absolute Gasteiger partial charge is 0.497 e. The smallest absolute Gasteiger partial charge is 0.331 e. The highest BCUT2D eigenvalue weighted by atomic mass is 16.5. The minimum absolute atomic E-state index is 0.311. The fraction of sp³-hybridized carbons (Fsp3) is 0.150. The summed E-state index contributed by atoms with van der Waals surface area (Å²) in [6, 6.07) is 16.1. The van der Waals surface area contributed by atoms with Crippen LogP contribution in [-0.2, 0) is 20.7 Å². The molecule has 0 aliphatic heterocycles. The third kappa shape index (κ3) is 6.13. The molecule has 0 saturated carbocycles. The summed E-state index contributed by atoms with van der Waals surface area (Å²) in [5.41, 5.74) is 2.21. The van der Waals surface area contributed by atoms with E-state index in [4.69, 9.17) is 14.7 Å². The van der Waals surface area contributed by atoms with Gasteiger partial charge in [-0.2, -0.15) is 5.26 Å². The van der Waals surface area contributed by atoms with Crippen molar-refractivity contribution in [1.82, 2.24) is 0 Å². The molecule has 0 aliphatic rings. The van der Waals surface area contributed by atoms with Crippen LogP contribution >= 0.6 is 0 Å². The van der Waals surface area contributed by atoms with Crippen molar-refractivity contribution in [3.8, 4) is 11.8 Å². The van der Waals surface area contributed by atoms with Crippen molar-refractivity contribution in [2.24, 2.45) is 0 Å². The van der Waals surface area contributed by atoms with Gasteiger partial charge in [0.05, 0.1) is 19.6 Å². The van der Waals surface area contributed by atoms with E-state index in [1.54, 1.807) is 55.7 Å². The number of benzene rings is 2. The van der Waals surface area contributed by atoms with Crippen LogP contribution in [0.15, 0.2) is 54.6 Å². The zero-order valence-electron chi connectivity index (χ0n) is 14.3. The van der Waals surface area contributed by atoms with Gasteiger partial charge in [0.1, 0.15) is 5.75 Å². The summed E-state index contributed by atoms with van der Waals surface area (Å²) in [6.45, 7) is -0.388. The standard InChI is InChI=1S/C20H18N2O4/c1-25-18-4-2-3-16(13-18)7-10-20(24)26-14-19(23)22-17-8-5-15(6-9-17)11-12-21/h2-10,13H,11,14H2,1H3,(H,22,23)/b10-7+. The third-order valence-corrected chi connectivity index (χ3v) is 3.37. The van der Waals surface area contributed by atoms with Crippen LogP contribution in [0, 0.1) is 11.3 Å². The Labute approximate surface area is 151 Å². The van der Waals surface area contributed by atoms with Crippen molar-refractivity contribution < 1.29 is 19.1 Å². The molecule has 0 fully saturated rings. The number of esters is 1. The van der Waals surface area contributed by atoms with Gasteiger partial charge < -0.3 is 14.8 Å². The summed E-state index contributed by atoms with van der Waals surface area (Å²) in [5, 5.41) is 11.2. The number of nitriles is 1. The van der Waals surface area contributed by atoms with Gasteiger partial charge in [-0.15, -0.1) is 0 Å². The first-order chi connectivity index (χ1) is 12.6. The Bertz CT molecular complexity index is 836. The molecular formula is C20H18N2O4. The topological polar surface area (TPSA) is 88.4 Å². The van der Waals surface area contributed by atoms with Gasteiger partial charge in [-0.3, -0.25) is 4.79 Å². The summed E-state index contributed by atoms with van der Waals surface area (Å²) in [6.07, 6.45) is 3.14. The van der Waals surface area contributed by atoms with Gasteiger partial charge in [-0.05, 0) is 41.5 Å². The number of rotatable bonds is 7. The number of hydrogen-bond acceptors (Lipinski definition) is 5. The molecule has 6 nitrogen and oxygen atoms in total. The number of nitrogens with zero attached hydrogens (tertiary/aromatic N) is 1. The third-order valence-electron chi connectivity index (χ3n) is 3.37. The molecule has 0 heterocycles. The Balaban J connectivity index is 1.80. The summed E-state index contributed by atoms with van der Waals surface area (Å²) in [4.78, 5) is 23.5. The molecule has 26 heavy (non-hydrogen) atoms. The van der Waals surface area contributed by atoms with Gasteiger partial charge in [-0.25, -0.2) is 4.79 Å². The molecular weight excluding hydrogens is 332 g/mol. The molecule has 0 unspecified atom stereocenters. The maximum Gasteiger partial charge on any atom is 0.331 e. The zero-order valence-corrected chi connectivity index (χ0v) is 14.3. The number of carbonyl (C=O) groups is 2. The number of nitrogens with one attached hydrogen (secondary N) is 1. The number of carbonyl (C=O) groups excluding carboxylic acids is 2. The number of ether oxygens (including phenoxy) is 2. The first-order valence-corrected chi connectivity index (χ1v) is 7.85. The fourth-order valence-electron chi connectivity index (χ4n) is 2.09. The van der Waals surface area contributed by atoms with Crippen LogP contribution in [-0.4, -0.2) is 25.6 Å². The highest BCUT2D eigenvalue weighted by Gasteiger charge is 2.06. The number of amides is 1. The highest BCUT2D eigenvalue weighted by Crippen LogP contribution is 2.13. The van der Waals surface area contributed by atoms with Crippen molar-refractivity contribution in [3.05, 3.63) is 65.7 Å². The molecule has 0 aliphatic carbocycles. The molecule has 0 radical (unpaired) electrons. The molecule has 1 amide bonds. The second kappa shape index (κ2) is 9.64. The van der Waals surface area contributed by atoms with Crippen LogP contribution in [0.2, 0.25) is 0 Å². The lowest BCUT2D eigenvalue weighted by molar-refractivity contribution is -0.142. The molecule has 2 aromatic carbocycles. The Morgan fingerprint density at radius 2 is 1.96 bits per heavy atom. The normalized spacial score (nSPS) is 10.2. The molecule has 0 aromatic heterocycles. The van der Waals surface area contributed by atoms with Crippen LogP contribution in [0.3, 0.4) is 0 Å². The van der Waals surface area contributed by atoms with E-state index in [-0.39, 0.29) is 6.61 Å². The molecule has 6 heteroatoms. The second-order valence-electron chi connectivity index (χ2n) is 5.30. The SMILES string of the molecule is COc1cccc(/C=C/C(=O)OCC(=O)Nc2ccc(CC#N)cc2)c1. The highest BCUT2D eigenvalue weighted by molar-refractivity contribution is 5.94. The van der Waals surface area contributed by atoms with Crippen LogP contribution in [0.5, 0.6) is 5.75 Å². The van der Waals surface area contributed by atoms with Crippen LogP contribution in [0.25, 0.3) is 6.08 Å². The first-order valence-electron chi connectivity index (χ1n) is 7.85. The maximum absolute atomic E-state index is 11.8. The van der Waals surface area contributed by atoms with Crippen molar-refractivity contribution in [2.75, 3.05) is 19.0 Å². The summed E-state index contributed by atoms with van der Waals surface area (Å²) in [7, 11) is 1.56. The minimum atomic E-state index is -0.618. The van der Waals surface area contributed by atoms with E-state index >= 15 is 0 Å². The Morgan fingerprint density at radius 3 is 2.65 bits per heavy atom. The zero-order chi connectivity index (χ0) is 18.8. The summed E-state index contributed by atoms with van der Waals surface area (Å²) >= 11 is 0. The number of methoxy groups -OCH3 is 1. The van der Waals surface area contributed by atoms with E-state index in [1.807, 2.05) is 12.1 Å². The van der Waals surface area contributed by atoms with E-state index in [2.05, 4.69) is 5.32 Å². The lowest BCUT2D eigenvalue weighted by Gasteiger charge is -2.06. The maximum atomic E-state index is 11.8. The predicted molar refractivity (Wildman–Crippen MR) is 97.4 cm³/mol. The molecule has 0 spiro atoms. The van der Waals surface area contributed by atoms with Crippen LogP contribution in [0.1, 0.15) is 11.1 Å². The minimum Gasteiger partial charge on any atom is -0.497 e. The average molecular weight is 350 g/mol. The van der Waals surface area contributed by atoms with Gasteiger partial charge in [0.25, 0.3) is 5.91 Å². The number of anilines is 1. The second-order valence-corrected chi connectivity index (χ2v) is 5.30. The van der Waals surface area contributed by atoms with Gasteiger partial charge in [0, 0.05) is 11.8 Å². The molecule has 0 atom stereocenters. The van der Waals surface area contributed by atoms with Crippen molar-refractivity contribution in [1.29, 1.82) is 5.26 Å². The molecule has 132 valence electrons. The quantitative estimate of drug-likeness (QED) is 0.613. The molecule has 2 aromatic rings. The summed E-state index contributed by atoms with van der Waals surface area (Å²) in [5.74, 6) is -0.380. The van der Waals surface area contributed by atoms with E-state index in [0.29, 0.717) is 17.9 Å². The van der Waals surface area contributed by atoms with Crippen molar-refractivity contribution >= 4 is 23.6 Å². The van der Waals surface area contributed by atoms with E-state index in [1.165, 1.54) is 6.08 Å². The van der Waals surface area contributed by atoms with Gasteiger partial charge in [0.15, 0.2) is 6.61 Å². The first kappa shape index (κ1) is 18.7. The predicted octanol–water partition coefficient (Wildman–Crippen LogP) is 2.96. The Morgan fingerprint density at radius 1 is 1.19 bits per heavy atom. The number of hydrogen-bond donors (Lipinski definition) is 1. The lowest BCUT2D eigenvalue weighted by Crippen LogP contribution is -2.20. The monoisotopic (exact) mass is 350 g/mol. The molecule has 2 rings (SSSR count). The molecule has 0 bridgehead atoms.